The zero-order chi connectivity index (χ0) is 17.6. The highest BCUT2D eigenvalue weighted by Crippen LogP contribution is 2.19. The molecular weight excluding hydrogens is 322 g/mol. The van der Waals surface area contributed by atoms with Crippen molar-refractivity contribution in [2.75, 3.05) is 13.2 Å². The number of nitrogens with zero attached hydrogens (tertiary/aromatic N) is 1. The summed E-state index contributed by atoms with van der Waals surface area (Å²) in [6, 6.07) is 5.36. The maximum Gasteiger partial charge on any atom is 0.318 e. The number of benzene rings is 1. The van der Waals surface area contributed by atoms with Gasteiger partial charge in [-0.05, 0) is 38.5 Å². The van der Waals surface area contributed by atoms with E-state index < -0.39 is 34.5 Å². The van der Waals surface area contributed by atoms with Crippen LogP contribution in [0.4, 0.5) is 0 Å². The molecule has 23 heavy (non-hydrogen) atoms. The van der Waals surface area contributed by atoms with E-state index in [1.54, 1.807) is 26.8 Å². The smallest absolute Gasteiger partial charge is 0.318 e. The van der Waals surface area contributed by atoms with Crippen molar-refractivity contribution in [3.63, 3.8) is 0 Å². The number of carbonyl (C=O) groups is 2. The van der Waals surface area contributed by atoms with E-state index in [9.17, 15) is 18.0 Å². The Bertz CT molecular complexity index is 668. The molecule has 0 aromatic heterocycles. The van der Waals surface area contributed by atoms with E-state index >= 15 is 0 Å². The summed E-state index contributed by atoms with van der Waals surface area (Å²) < 4.78 is 31.0. The van der Waals surface area contributed by atoms with Crippen molar-refractivity contribution < 1.29 is 27.9 Å². The third-order valence-electron chi connectivity index (χ3n) is 3.03. The number of sulfonamides is 1. The summed E-state index contributed by atoms with van der Waals surface area (Å²) in [6.45, 7) is 4.51. The summed E-state index contributed by atoms with van der Waals surface area (Å²) in [5.74, 6) is -1.68. The van der Waals surface area contributed by atoms with Gasteiger partial charge in [-0.3, -0.25) is 9.59 Å². The third-order valence-corrected chi connectivity index (χ3v) is 5.04. The predicted octanol–water partition coefficient (Wildman–Crippen LogP) is 1.28. The van der Waals surface area contributed by atoms with Crippen LogP contribution in [0, 0.1) is 0 Å². The van der Waals surface area contributed by atoms with Crippen molar-refractivity contribution in [1.82, 2.24) is 4.31 Å². The van der Waals surface area contributed by atoms with Crippen LogP contribution < -0.4 is 0 Å². The lowest BCUT2D eigenvalue weighted by Crippen LogP contribution is -2.40. The first-order valence-corrected chi connectivity index (χ1v) is 8.60. The molecule has 1 aromatic carbocycles. The van der Waals surface area contributed by atoms with E-state index in [4.69, 9.17) is 9.84 Å². The van der Waals surface area contributed by atoms with Crippen molar-refractivity contribution in [1.29, 1.82) is 0 Å². The quantitative estimate of drug-likeness (QED) is 0.714. The number of carbonyl (C=O) groups excluding carboxylic acids is 1. The van der Waals surface area contributed by atoms with Crippen LogP contribution in [0.3, 0.4) is 0 Å². The number of carboxylic acid groups (broad SMARTS) is 1. The highest BCUT2D eigenvalue weighted by Gasteiger charge is 2.29. The van der Waals surface area contributed by atoms with Crippen molar-refractivity contribution >= 4 is 22.0 Å². The highest BCUT2D eigenvalue weighted by molar-refractivity contribution is 7.89. The molecular formula is C15H21NO6S. The van der Waals surface area contributed by atoms with Crippen LogP contribution in [0.2, 0.25) is 0 Å². The summed E-state index contributed by atoms with van der Waals surface area (Å²) >= 11 is 0. The van der Waals surface area contributed by atoms with Crippen molar-refractivity contribution in [2.24, 2.45) is 0 Å². The number of hydrogen-bond acceptors (Lipinski definition) is 5. The molecule has 0 aliphatic rings. The van der Waals surface area contributed by atoms with E-state index in [2.05, 4.69) is 0 Å². The van der Waals surface area contributed by atoms with E-state index in [0.717, 1.165) is 4.31 Å². The van der Waals surface area contributed by atoms with Crippen molar-refractivity contribution in [3.8, 4) is 0 Å². The van der Waals surface area contributed by atoms with Gasteiger partial charge in [0.25, 0.3) is 0 Å². The Labute approximate surface area is 135 Å². The van der Waals surface area contributed by atoms with Gasteiger partial charge in [-0.1, -0.05) is 12.1 Å². The molecule has 0 radical (unpaired) electrons. The Kier molecular flexibility index (Phi) is 6.71. The molecule has 7 nitrogen and oxygen atoms in total. The first kappa shape index (κ1) is 19.1. The predicted molar refractivity (Wildman–Crippen MR) is 83.4 cm³/mol. The average Bonchev–Trinajstić information content (AvgIpc) is 2.44. The zero-order valence-corrected chi connectivity index (χ0v) is 14.2. The maximum absolute atomic E-state index is 12.6. The summed E-state index contributed by atoms with van der Waals surface area (Å²) in [5.41, 5.74) is 0.489. The summed E-state index contributed by atoms with van der Waals surface area (Å²) in [5, 5.41) is 8.91. The maximum atomic E-state index is 12.6. The molecule has 0 amide bonds. The molecule has 1 N–H and O–H groups in total. The normalized spacial score (nSPS) is 11.7. The number of carboxylic acids is 1. The molecule has 1 aromatic rings. The van der Waals surface area contributed by atoms with Crippen LogP contribution in [0.5, 0.6) is 0 Å². The van der Waals surface area contributed by atoms with Crippen molar-refractivity contribution in [3.05, 3.63) is 29.8 Å². The molecule has 8 heteroatoms. The Morgan fingerprint density at radius 1 is 1.30 bits per heavy atom. The van der Waals surface area contributed by atoms with E-state index in [0.29, 0.717) is 5.56 Å². The summed E-state index contributed by atoms with van der Waals surface area (Å²) in [6.07, 6.45) is -0.0438. The van der Waals surface area contributed by atoms with Crippen LogP contribution in [-0.2, 0) is 30.8 Å². The summed E-state index contributed by atoms with van der Waals surface area (Å²) in [4.78, 5) is 22.4. The number of esters is 1. The van der Waals surface area contributed by atoms with Crippen LogP contribution in [0.25, 0.3) is 0 Å². The van der Waals surface area contributed by atoms with Gasteiger partial charge in [-0.2, -0.15) is 4.31 Å². The van der Waals surface area contributed by atoms with Crippen molar-refractivity contribution in [2.45, 2.75) is 38.1 Å². The van der Waals surface area contributed by atoms with Gasteiger partial charge in [0.1, 0.15) is 6.54 Å². The van der Waals surface area contributed by atoms with E-state index in [-0.39, 0.29) is 17.9 Å². The third kappa shape index (κ3) is 5.33. The monoisotopic (exact) mass is 343 g/mol. The largest absolute Gasteiger partial charge is 0.480 e. The fourth-order valence-corrected chi connectivity index (χ4v) is 3.67. The van der Waals surface area contributed by atoms with Gasteiger partial charge in [0.15, 0.2) is 0 Å². The van der Waals surface area contributed by atoms with Crippen LogP contribution in [0.15, 0.2) is 29.2 Å². The number of rotatable bonds is 8. The standard InChI is InChI=1S/C15H21NO6S/c1-4-22-15(19)9-12-6-5-7-13(8-12)23(20,21)16(11(2)3)10-14(17)18/h5-8,11H,4,9-10H2,1-3H3,(H,17,18). The molecule has 0 bridgehead atoms. The second-order valence-electron chi connectivity index (χ2n) is 5.17. The minimum atomic E-state index is -3.97. The minimum Gasteiger partial charge on any atom is -0.480 e. The molecule has 0 saturated carbocycles. The van der Waals surface area contributed by atoms with Gasteiger partial charge >= 0.3 is 11.9 Å². The lowest BCUT2D eigenvalue weighted by Gasteiger charge is -2.24. The Balaban J connectivity index is 3.12. The molecule has 0 aliphatic carbocycles. The van der Waals surface area contributed by atoms with E-state index in [1.165, 1.54) is 18.2 Å². The Morgan fingerprint density at radius 3 is 2.48 bits per heavy atom. The number of ether oxygens (including phenoxy) is 1. The molecule has 0 heterocycles. The molecule has 0 atom stereocenters. The summed E-state index contributed by atoms with van der Waals surface area (Å²) in [7, 11) is -3.97. The van der Waals surface area contributed by atoms with Gasteiger partial charge in [0.05, 0.1) is 17.9 Å². The highest BCUT2D eigenvalue weighted by atomic mass is 32.2. The molecule has 0 aliphatic heterocycles. The Morgan fingerprint density at radius 2 is 1.96 bits per heavy atom. The van der Waals surface area contributed by atoms with Gasteiger partial charge in [-0.15, -0.1) is 0 Å². The molecule has 0 saturated heterocycles. The SMILES string of the molecule is CCOC(=O)Cc1cccc(S(=O)(=O)N(CC(=O)O)C(C)C)c1. The fourth-order valence-electron chi connectivity index (χ4n) is 2.01. The second-order valence-corrected chi connectivity index (χ2v) is 7.06. The van der Waals surface area contributed by atoms with Gasteiger partial charge in [0, 0.05) is 6.04 Å². The average molecular weight is 343 g/mol. The number of aliphatic carboxylic acids is 1. The molecule has 128 valence electrons. The van der Waals surface area contributed by atoms with Gasteiger partial charge in [0.2, 0.25) is 10.0 Å². The zero-order valence-electron chi connectivity index (χ0n) is 13.4. The molecule has 0 unspecified atom stereocenters. The topological polar surface area (TPSA) is 101 Å². The van der Waals surface area contributed by atoms with Crippen LogP contribution >= 0.6 is 0 Å². The molecule has 1 rings (SSSR count). The van der Waals surface area contributed by atoms with Gasteiger partial charge < -0.3 is 9.84 Å². The number of hydrogen-bond donors (Lipinski definition) is 1. The first-order chi connectivity index (χ1) is 10.7. The molecule has 0 spiro atoms. The van der Waals surface area contributed by atoms with E-state index in [1.807, 2.05) is 0 Å². The first-order valence-electron chi connectivity index (χ1n) is 7.16. The molecule has 0 fully saturated rings. The fraction of sp³-hybridized carbons (Fsp3) is 0.467. The van der Waals surface area contributed by atoms with Crippen LogP contribution in [0.1, 0.15) is 26.3 Å². The van der Waals surface area contributed by atoms with Gasteiger partial charge in [-0.25, -0.2) is 8.42 Å². The van der Waals surface area contributed by atoms with Crippen LogP contribution in [-0.4, -0.2) is 49.0 Å². The second kappa shape index (κ2) is 8.07. The minimum absolute atomic E-state index is 0.0438. The lowest BCUT2D eigenvalue weighted by molar-refractivity contribution is -0.142. The Hall–Kier alpha value is -1.93. The lowest BCUT2D eigenvalue weighted by atomic mass is 10.1.